The second-order valence-electron chi connectivity index (χ2n) is 8.08. The molecule has 154 valence electrons. The highest BCUT2D eigenvalue weighted by Crippen LogP contribution is 2.61. The lowest BCUT2D eigenvalue weighted by Crippen LogP contribution is -2.27. The number of carbonyl (C=O) groups excluding carboxylic acids is 1. The van der Waals surface area contributed by atoms with Crippen molar-refractivity contribution in [2.75, 3.05) is 30.5 Å². The molecule has 1 saturated heterocycles. The van der Waals surface area contributed by atoms with Crippen LogP contribution in [0.15, 0.2) is 30.5 Å². The summed E-state index contributed by atoms with van der Waals surface area (Å²) in [6.45, 7) is 0.584. The molecule has 3 heterocycles. The van der Waals surface area contributed by atoms with E-state index in [1.807, 2.05) is 18.2 Å². The Morgan fingerprint density at radius 1 is 1.38 bits per heavy atom. The smallest absolute Gasteiger partial charge is 0.229 e. The Morgan fingerprint density at radius 2 is 2.24 bits per heavy atom. The Morgan fingerprint density at radius 3 is 3.00 bits per heavy atom. The van der Waals surface area contributed by atoms with Gasteiger partial charge in [0.05, 0.1) is 37.5 Å². The van der Waals surface area contributed by atoms with Gasteiger partial charge in [0, 0.05) is 23.0 Å². The lowest BCUT2D eigenvalue weighted by atomic mass is 9.87. The summed E-state index contributed by atoms with van der Waals surface area (Å²) in [5, 5.41) is 7.24. The van der Waals surface area contributed by atoms with Gasteiger partial charge in [0.1, 0.15) is 17.3 Å². The van der Waals surface area contributed by atoms with Gasteiger partial charge in [0.15, 0.2) is 9.84 Å². The third-order valence-electron chi connectivity index (χ3n) is 6.40. The summed E-state index contributed by atoms with van der Waals surface area (Å²) in [7, 11) is -1.41. The molecule has 8 nitrogen and oxygen atoms in total. The molecule has 2 aliphatic heterocycles. The largest absolute Gasteiger partial charge is 0.497 e. The van der Waals surface area contributed by atoms with E-state index < -0.39 is 9.84 Å². The van der Waals surface area contributed by atoms with Crippen LogP contribution in [0.3, 0.4) is 0 Å². The van der Waals surface area contributed by atoms with Crippen LogP contribution in [0.25, 0.3) is 0 Å². The minimum Gasteiger partial charge on any atom is -0.497 e. The lowest BCUT2D eigenvalue weighted by molar-refractivity contribution is -0.117. The number of rotatable bonds is 4. The molecule has 5 rings (SSSR count). The van der Waals surface area contributed by atoms with Crippen LogP contribution in [-0.2, 0) is 20.0 Å². The molecular formula is C20H23N3O5S. The molecule has 0 radical (unpaired) electrons. The molecule has 3 atom stereocenters. The van der Waals surface area contributed by atoms with Crippen LogP contribution in [0.5, 0.6) is 11.5 Å². The van der Waals surface area contributed by atoms with Crippen LogP contribution in [0.1, 0.15) is 30.9 Å². The van der Waals surface area contributed by atoms with E-state index in [0.717, 1.165) is 29.9 Å². The van der Waals surface area contributed by atoms with Crippen LogP contribution in [0.4, 0.5) is 5.82 Å². The summed E-state index contributed by atoms with van der Waals surface area (Å²) in [5.41, 5.74) is 0.798. The number of sulfone groups is 1. The number of methoxy groups -OCH3 is 1. The monoisotopic (exact) mass is 417 g/mol. The van der Waals surface area contributed by atoms with Crippen molar-refractivity contribution in [3.05, 3.63) is 36.0 Å². The number of carbonyl (C=O) groups is 1. The van der Waals surface area contributed by atoms with Gasteiger partial charge in [-0.25, -0.2) is 13.1 Å². The lowest BCUT2D eigenvalue weighted by Gasteiger charge is -2.27. The summed E-state index contributed by atoms with van der Waals surface area (Å²) >= 11 is 0. The summed E-state index contributed by atoms with van der Waals surface area (Å²) < 4.78 is 36.4. The van der Waals surface area contributed by atoms with Crippen molar-refractivity contribution in [3.8, 4) is 11.5 Å². The number of anilines is 1. The number of nitrogens with one attached hydrogen (secondary N) is 1. The molecule has 1 aromatic heterocycles. The van der Waals surface area contributed by atoms with Crippen molar-refractivity contribution < 1.29 is 22.7 Å². The van der Waals surface area contributed by atoms with E-state index in [4.69, 9.17) is 9.47 Å². The minimum atomic E-state index is -3.03. The summed E-state index contributed by atoms with van der Waals surface area (Å²) in [5.74, 6) is 2.12. The second kappa shape index (κ2) is 6.48. The highest BCUT2D eigenvalue weighted by atomic mass is 32.2. The maximum absolute atomic E-state index is 13.1. The molecule has 1 amide bonds. The van der Waals surface area contributed by atoms with Gasteiger partial charge >= 0.3 is 0 Å². The zero-order valence-electron chi connectivity index (χ0n) is 16.1. The van der Waals surface area contributed by atoms with Crippen molar-refractivity contribution in [2.45, 2.75) is 30.7 Å². The molecule has 1 saturated carbocycles. The summed E-state index contributed by atoms with van der Waals surface area (Å²) in [6.07, 6.45) is 3.66. The average Bonchev–Trinajstić information content (AvgIpc) is 3.03. The maximum Gasteiger partial charge on any atom is 0.229 e. The predicted octanol–water partition coefficient (Wildman–Crippen LogP) is 1.93. The van der Waals surface area contributed by atoms with Gasteiger partial charge < -0.3 is 14.8 Å². The molecule has 1 spiro atoms. The number of fused-ring (bicyclic) bond motifs is 2. The second-order valence-corrected chi connectivity index (χ2v) is 10.3. The molecular weight excluding hydrogens is 394 g/mol. The Bertz CT molecular complexity index is 1080. The third kappa shape index (κ3) is 3.08. The molecule has 1 aliphatic carbocycles. The Balaban J connectivity index is 1.36. The molecule has 9 heteroatoms. The average molecular weight is 417 g/mol. The van der Waals surface area contributed by atoms with Crippen LogP contribution >= 0.6 is 0 Å². The fourth-order valence-electron chi connectivity index (χ4n) is 4.74. The number of nitrogens with zero attached hydrogens (tertiary/aromatic N) is 2. The van der Waals surface area contributed by atoms with Crippen LogP contribution in [0, 0.1) is 5.92 Å². The number of benzene rings is 1. The fourth-order valence-corrected chi connectivity index (χ4v) is 6.43. The maximum atomic E-state index is 13.1. The van der Waals surface area contributed by atoms with Crippen molar-refractivity contribution >= 4 is 21.6 Å². The zero-order valence-corrected chi connectivity index (χ0v) is 16.9. The Labute approximate surface area is 169 Å². The number of hydrogen-bond donors (Lipinski definition) is 1. The van der Waals surface area contributed by atoms with E-state index >= 15 is 0 Å². The first-order valence-electron chi connectivity index (χ1n) is 9.78. The van der Waals surface area contributed by atoms with E-state index in [0.29, 0.717) is 18.8 Å². The van der Waals surface area contributed by atoms with Crippen molar-refractivity contribution in [2.24, 2.45) is 5.92 Å². The molecule has 2 fully saturated rings. The van der Waals surface area contributed by atoms with Crippen LogP contribution < -0.4 is 14.8 Å². The van der Waals surface area contributed by atoms with Gasteiger partial charge in [-0.05, 0) is 37.5 Å². The van der Waals surface area contributed by atoms with E-state index in [1.165, 1.54) is 0 Å². The molecule has 2 aromatic rings. The van der Waals surface area contributed by atoms with Gasteiger partial charge in [-0.2, -0.15) is 5.10 Å². The quantitative estimate of drug-likeness (QED) is 0.816. The Hall–Kier alpha value is -2.55. The van der Waals surface area contributed by atoms with E-state index in [-0.39, 0.29) is 34.8 Å². The van der Waals surface area contributed by atoms with Gasteiger partial charge in [0.25, 0.3) is 0 Å². The van der Waals surface area contributed by atoms with Crippen molar-refractivity contribution in [3.63, 3.8) is 0 Å². The molecule has 1 aromatic carbocycles. The van der Waals surface area contributed by atoms with Crippen LogP contribution in [-0.4, -0.2) is 49.3 Å². The van der Waals surface area contributed by atoms with Crippen molar-refractivity contribution in [1.29, 1.82) is 0 Å². The van der Waals surface area contributed by atoms with Crippen molar-refractivity contribution in [1.82, 2.24) is 9.78 Å². The van der Waals surface area contributed by atoms with Crippen LogP contribution in [0.2, 0.25) is 0 Å². The first-order valence-corrected chi connectivity index (χ1v) is 11.6. The summed E-state index contributed by atoms with van der Waals surface area (Å²) in [4.78, 5) is 13.1. The fraction of sp³-hybridized carbons (Fsp3) is 0.500. The van der Waals surface area contributed by atoms with Gasteiger partial charge in [0.2, 0.25) is 5.91 Å². The molecule has 3 aliphatic rings. The van der Waals surface area contributed by atoms with E-state index in [2.05, 4.69) is 10.4 Å². The normalized spacial score (nSPS) is 29.1. The Kier molecular flexibility index (Phi) is 4.13. The number of ether oxygens (including phenoxy) is 2. The molecule has 29 heavy (non-hydrogen) atoms. The zero-order chi connectivity index (χ0) is 20.2. The molecule has 1 N–H and O–H groups in total. The number of amides is 1. The highest BCUT2D eigenvalue weighted by molar-refractivity contribution is 7.91. The minimum absolute atomic E-state index is 0.0649. The first-order chi connectivity index (χ1) is 13.9. The highest BCUT2D eigenvalue weighted by Gasteiger charge is 2.61. The van der Waals surface area contributed by atoms with Gasteiger partial charge in [-0.3, -0.25) is 4.79 Å². The SMILES string of the molecule is COc1ccc2c(c1)[C@@]1(CCO2)C[C@@H]1C(=O)Nc1ccnn1[C@H]1CCS(=O)(=O)C1. The van der Waals surface area contributed by atoms with E-state index in [9.17, 15) is 13.2 Å². The van der Waals surface area contributed by atoms with E-state index in [1.54, 1.807) is 24.1 Å². The topological polar surface area (TPSA) is 99.5 Å². The first kappa shape index (κ1) is 18.5. The third-order valence-corrected chi connectivity index (χ3v) is 8.15. The van der Waals surface area contributed by atoms with Gasteiger partial charge in [-0.15, -0.1) is 0 Å². The predicted molar refractivity (Wildman–Crippen MR) is 106 cm³/mol. The number of hydrogen-bond acceptors (Lipinski definition) is 6. The standard InChI is InChI=1S/C20H23N3O5S/c1-27-14-2-3-17-15(10-14)20(6-8-28-17)11-16(20)19(24)22-18-4-7-21-23(18)13-5-9-29(25,26)12-13/h2-4,7,10,13,16H,5-6,8-9,11-12H2,1H3,(H,22,24)/t13-,16+,20+/m0/s1. The molecule has 0 bridgehead atoms. The summed E-state index contributed by atoms with van der Waals surface area (Å²) in [6, 6.07) is 7.22. The number of aromatic nitrogens is 2. The van der Waals surface area contributed by atoms with Gasteiger partial charge in [-0.1, -0.05) is 0 Å². The molecule has 0 unspecified atom stereocenters.